The van der Waals surface area contributed by atoms with Gasteiger partial charge in [-0.1, -0.05) is 142 Å². The first-order chi connectivity index (χ1) is 65.3. The van der Waals surface area contributed by atoms with E-state index in [9.17, 15) is 49.9 Å². The molecule has 0 unspecified atom stereocenters. The number of para-hydroxylation sites is 1. The Bertz CT molecular complexity index is 7360. The third kappa shape index (κ3) is 24.9. The molecule has 0 bridgehead atoms. The van der Waals surface area contributed by atoms with E-state index in [1.54, 1.807) is 42.5 Å². The van der Waals surface area contributed by atoms with Crippen LogP contribution in [0.5, 0.6) is 23.0 Å². The lowest BCUT2D eigenvalue weighted by Gasteiger charge is -2.14. The standard InChI is InChI=1S/C32H31Cl2N3O6S.C29H36ClN3O.C25H29Cl2NO4S.C18H14BrNO5S2/c1-16-13-21(14-17(2)31(16)34)42-12-6-7-22-23-8-9-26(33)30(29-18(3)35-36-19(29)4)24(23)15-25(22)32(39)37-44(40,41)28-11-10-27(43-28)20(5)38;1-8-14-33-21(5)24(13-10-15-34-23-16-18(2)28(30)19(3)17-23)25-11-9-12-26(29(25)33)27-20(4)31-32(7)22(27)6;1-16-13-20(14-17(2)25(16)27)32-12-6-7-21-18(3)28(11-10-19(29)15-33(4,30)31)23-9-5-8-22(26)24(21)23;19-11-5-7-12(8-6-11)27(24,25)20-15-9-16(26-10-17(21)22)18(23)14-4-2-1-3-13(14)15/h8-11,13-14,38H,5-7,12,15H2,1-4H3,(H,35,36)(H,37,39);9,11-12,16-17H,8,10,13-15H2,1-7H3;5,8-9,13-14H,6-7,10-12,15H2,1-4H3;1-9,20,23H,10H2,(H,21,22). The maximum absolute atomic E-state index is 13.7. The lowest BCUT2D eigenvalue weighted by Crippen LogP contribution is -2.32. The van der Waals surface area contributed by atoms with Crippen LogP contribution in [0.15, 0.2) is 188 Å². The maximum atomic E-state index is 13.7. The number of halogens is 6. The fraction of sp³-hybridized carbons (Fsp3) is 0.298. The van der Waals surface area contributed by atoms with Crippen molar-refractivity contribution in [3.63, 3.8) is 0 Å². The van der Waals surface area contributed by atoms with E-state index in [0.717, 1.165) is 184 Å². The number of ketones is 1. The Kier molecular flexibility index (Phi) is 34.9. The Morgan fingerprint density at radius 3 is 1.67 bits per heavy atom. The average molecular weight is 2110 g/mol. The highest BCUT2D eigenvalue weighted by Gasteiger charge is 2.35. The van der Waals surface area contributed by atoms with Gasteiger partial charge < -0.3 is 43.1 Å². The number of hydrogen-bond acceptors (Lipinski definition) is 18. The number of Topliss-reactive ketones (excluding diaryl/α,β-unsaturated/α-hetero) is 1. The molecule has 138 heavy (non-hydrogen) atoms. The number of carbonyl (C=O) groups excluding carboxylic acids is 2. The zero-order valence-electron chi connectivity index (χ0n) is 79.2. The van der Waals surface area contributed by atoms with Crippen molar-refractivity contribution in [2.45, 2.75) is 176 Å². The number of nitrogens with zero attached hydrogens (tertiary/aromatic N) is 5. The van der Waals surface area contributed by atoms with Crippen LogP contribution in [-0.2, 0) is 83.7 Å². The number of carbonyl (C=O) groups is 3. The van der Waals surface area contributed by atoms with E-state index in [-0.39, 0.29) is 51.4 Å². The van der Waals surface area contributed by atoms with Crippen molar-refractivity contribution in [1.82, 2.24) is 33.8 Å². The van der Waals surface area contributed by atoms with E-state index in [1.165, 1.54) is 63.2 Å². The smallest absolute Gasteiger partial charge is 0.313 e. The van der Waals surface area contributed by atoms with Gasteiger partial charge in [0.1, 0.15) is 34.5 Å². The fourth-order valence-corrected chi connectivity index (χ4v) is 22.0. The summed E-state index contributed by atoms with van der Waals surface area (Å²) in [4.78, 5) is 37.0. The largest absolute Gasteiger partial charge is 0.506 e. The molecular weight excluding hydrogens is 2000 g/mol. The first-order valence-electron chi connectivity index (χ1n) is 44.5. The normalized spacial score (nSPS) is 12.0. The molecule has 34 heteroatoms. The van der Waals surface area contributed by atoms with Gasteiger partial charge >= 0.3 is 5.97 Å². The van der Waals surface area contributed by atoms with Gasteiger partial charge in [0.05, 0.1) is 68.5 Å². The van der Waals surface area contributed by atoms with E-state index in [4.69, 9.17) is 81.7 Å². The van der Waals surface area contributed by atoms with E-state index >= 15 is 0 Å². The van der Waals surface area contributed by atoms with Crippen LogP contribution in [0.4, 0.5) is 5.69 Å². The predicted molar refractivity (Wildman–Crippen MR) is 559 cm³/mol. The number of phenolic OH excluding ortho intramolecular Hbond substituents is 1. The number of rotatable bonds is 34. The van der Waals surface area contributed by atoms with Gasteiger partial charge in [-0.2, -0.15) is 18.6 Å². The molecule has 1 amide bonds. The lowest BCUT2D eigenvalue weighted by molar-refractivity contribution is -0.134. The number of ether oxygens (including phenoxy) is 3. The quantitative estimate of drug-likeness (QED) is 0.00944. The summed E-state index contributed by atoms with van der Waals surface area (Å²) in [7, 11) is -9.56. The number of H-pyrrole nitrogens is 1. The van der Waals surface area contributed by atoms with Crippen LogP contribution in [0, 0.1) is 83.1 Å². The molecule has 0 saturated carbocycles. The number of nitrogens with one attached hydrogen (secondary N) is 3. The molecule has 728 valence electrons. The zero-order valence-corrected chi connectivity index (χ0v) is 87.9. The van der Waals surface area contributed by atoms with Crippen molar-refractivity contribution >= 4 is 183 Å². The highest BCUT2D eigenvalue weighted by molar-refractivity contribution is 9.10. The molecule has 5 heterocycles. The third-order valence-electron chi connectivity index (χ3n) is 23.9. The molecule has 0 atom stereocenters. The number of allylic oxidation sites excluding steroid dienone is 1. The molecule has 15 rings (SSSR count). The Balaban J connectivity index is 0.000000167. The van der Waals surface area contributed by atoms with E-state index in [1.807, 2.05) is 135 Å². The van der Waals surface area contributed by atoms with Crippen LogP contribution < -0.4 is 23.7 Å². The number of hydrogen-bond donors (Lipinski definition) is 6. The van der Waals surface area contributed by atoms with Crippen molar-refractivity contribution in [3.05, 3.63) is 289 Å². The number of aromatic hydroxyl groups is 1. The molecule has 0 fully saturated rings. The highest BCUT2D eigenvalue weighted by atomic mass is 79.9. The Labute approximate surface area is 842 Å². The molecule has 1 aliphatic rings. The number of fused-ring (bicyclic) bond motifs is 4. The van der Waals surface area contributed by atoms with Gasteiger partial charge in [-0.15, -0.1) is 11.8 Å². The maximum Gasteiger partial charge on any atom is 0.313 e. The topological polar surface area (TPSA) is 336 Å². The average Bonchev–Trinajstić information content (AvgIpc) is 1.60. The summed E-state index contributed by atoms with van der Waals surface area (Å²) in [5, 5.41) is 47.1. The molecule has 5 aromatic heterocycles. The van der Waals surface area contributed by atoms with Crippen molar-refractivity contribution in [2.24, 2.45) is 7.05 Å². The summed E-state index contributed by atoms with van der Waals surface area (Å²) >= 11 is 36.3. The summed E-state index contributed by atoms with van der Waals surface area (Å²) in [6, 6.07) is 44.6. The van der Waals surface area contributed by atoms with Gasteiger partial charge in [0.15, 0.2) is 21.4 Å². The Hall–Kier alpha value is -11.0. The predicted octanol–water partition coefficient (Wildman–Crippen LogP) is 25.2. The number of aliphatic hydroxyl groups is 1. The van der Waals surface area contributed by atoms with E-state index in [0.29, 0.717) is 81.9 Å². The molecule has 24 nitrogen and oxygen atoms in total. The van der Waals surface area contributed by atoms with Crippen molar-refractivity contribution in [2.75, 3.05) is 42.3 Å². The van der Waals surface area contributed by atoms with Gasteiger partial charge in [0, 0.05) is 136 Å². The number of aromatic amines is 1. The molecule has 6 N–H and O–H groups in total. The molecule has 14 aromatic rings. The number of sulfonamides is 2. The summed E-state index contributed by atoms with van der Waals surface area (Å²) < 4.78 is 110. The number of thioether (sulfide) groups is 1. The number of phenols is 1. The minimum Gasteiger partial charge on any atom is -0.506 e. The molecule has 0 radical (unpaired) electrons. The molecule has 0 spiro atoms. The first kappa shape index (κ1) is 106. The van der Waals surface area contributed by atoms with Crippen LogP contribution in [0.25, 0.3) is 66.2 Å². The number of aromatic nitrogens is 6. The number of carboxylic acids is 1. The number of aryl methyl sites for hydroxylation is 14. The van der Waals surface area contributed by atoms with Crippen molar-refractivity contribution in [3.8, 4) is 45.3 Å². The first-order valence-corrected chi connectivity index (χ1v) is 53.2. The van der Waals surface area contributed by atoms with E-state index < -0.39 is 58.4 Å². The second-order valence-electron chi connectivity index (χ2n) is 34.2. The van der Waals surface area contributed by atoms with Crippen LogP contribution in [0.3, 0.4) is 0 Å². The number of carboxylic acid groups (broad SMARTS) is 1. The fourth-order valence-electron chi connectivity index (χ4n) is 17.4. The van der Waals surface area contributed by atoms with Crippen molar-refractivity contribution < 1.29 is 73.6 Å². The van der Waals surface area contributed by atoms with Gasteiger partial charge in [-0.05, 0) is 286 Å². The van der Waals surface area contributed by atoms with E-state index in [2.05, 4.69) is 102 Å². The summed E-state index contributed by atoms with van der Waals surface area (Å²) in [5.41, 5.74) is 24.0. The molecule has 0 saturated heterocycles. The SMILES string of the molecule is C=C(O)c1ccc(S(=O)(=O)NC(=O)C2=C(CCCOc3cc(C)c(Cl)c(C)c3)c3ccc(Cl)c(-c4c(C)n[nH]c4C)c3C2)o1.CCCn1c(C)c(CCCOc2cc(C)c(Cl)c(C)c2)c2cccc(-c3c(C)nn(C)c3C)c21.Cc1cc(OCCCc2c(C)n(CCC(=O)CS(C)(=O)=O)c3cccc(Cl)c23)cc(C)c1Cl.O=C(O)CSc1cc(NS(=O)(=O)c2ccc(Br)cc2)c2ccccc2c1O. The molecule has 1 aliphatic carbocycles. The monoisotopic (exact) mass is 2110 g/mol. The number of amides is 1. The number of aliphatic carboxylic acids is 1. The van der Waals surface area contributed by atoms with Crippen LogP contribution in [0.1, 0.15) is 141 Å². The summed E-state index contributed by atoms with van der Waals surface area (Å²) in [6.07, 6.45) is 6.96. The highest BCUT2D eigenvalue weighted by Crippen LogP contribution is 2.48. The molecular formula is C104H110BrCl5N8O16S4. The Morgan fingerprint density at radius 1 is 0.594 bits per heavy atom. The number of anilines is 1. The van der Waals surface area contributed by atoms with Crippen LogP contribution >= 0.6 is 85.7 Å². The number of sulfone groups is 1. The van der Waals surface area contributed by atoms with Gasteiger partial charge in [0.25, 0.3) is 26.0 Å². The number of benzene rings is 9. The molecule has 9 aromatic carbocycles. The van der Waals surface area contributed by atoms with Gasteiger partial charge in [-0.25, -0.2) is 21.6 Å². The Morgan fingerprint density at radius 2 is 1.14 bits per heavy atom. The molecule has 0 aliphatic heterocycles. The second kappa shape index (κ2) is 45.5. The van der Waals surface area contributed by atoms with Gasteiger partial charge in [-0.3, -0.25) is 28.9 Å². The third-order valence-corrected chi connectivity index (χ3v) is 31.3. The van der Waals surface area contributed by atoms with Crippen molar-refractivity contribution in [1.29, 1.82) is 0 Å². The minimum atomic E-state index is -4.40. The lowest BCUT2D eigenvalue weighted by atomic mass is 9.93. The van der Waals surface area contributed by atoms with Crippen LogP contribution in [-0.4, -0.2) is 125 Å². The summed E-state index contributed by atoms with van der Waals surface area (Å²) in [6.45, 7) is 32.7. The minimum absolute atomic E-state index is 0.0801. The number of aliphatic hydroxyl groups excluding tert-OH is 1. The zero-order chi connectivity index (χ0) is 100. The van der Waals surface area contributed by atoms with Crippen LogP contribution in [0.2, 0.25) is 25.1 Å². The van der Waals surface area contributed by atoms with Gasteiger partial charge in [0.2, 0.25) is 5.09 Å². The number of furan rings is 1. The second-order valence-corrected chi connectivity index (χ2v) is 43.5. The summed E-state index contributed by atoms with van der Waals surface area (Å²) in [5.74, 6) is -1.05.